The summed E-state index contributed by atoms with van der Waals surface area (Å²) in [6.45, 7) is 8.81. The van der Waals surface area contributed by atoms with Gasteiger partial charge in [-0.1, -0.05) is 0 Å². The summed E-state index contributed by atoms with van der Waals surface area (Å²) in [4.78, 5) is 0. The van der Waals surface area contributed by atoms with E-state index < -0.39 is 0 Å². The molecule has 1 aliphatic carbocycles. The first-order chi connectivity index (χ1) is 8.88. The van der Waals surface area contributed by atoms with Gasteiger partial charge in [-0.3, -0.25) is 0 Å². The Labute approximate surface area is 114 Å². The molecule has 2 unspecified atom stereocenters. The fraction of sp³-hybridized carbons (Fsp3) is 0.562. The predicted octanol–water partition coefficient (Wildman–Crippen LogP) is 2.43. The van der Waals surface area contributed by atoms with Crippen molar-refractivity contribution in [3.63, 3.8) is 0 Å². The molecule has 0 saturated carbocycles. The maximum Gasteiger partial charge on any atom is 0.211 e. The van der Waals surface area contributed by atoms with Crippen molar-refractivity contribution in [3.8, 4) is 0 Å². The first kappa shape index (κ1) is 12.7. The van der Waals surface area contributed by atoms with Crippen LogP contribution in [0.5, 0.6) is 0 Å². The third-order valence-electron chi connectivity index (χ3n) is 4.94. The monoisotopic (exact) mass is 260 g/mol. The van der Waals surface area contributed by atoms with Gasteiger partial charge in [-0.15, -0.1) is 0 Å². The van der Waals surface area contributed by atoms with Crippen molar-refractivity contribution < 1.29 is 14.0 Å². The van der Waals surface area contributed by atoms with Crippen LogP contribution in [0.15, 0.2) is 35.6 Å². The summed E-state index contributed by atoms with van der Waals surface area (Å²) in [5, 5.41) is 0. The van der Waals surface area contributed by atoms with E-state index >= 15 is 0 Å². The quantitative estimate of drug-likeness (QED) is 0.675. The molecule has 3 nitrogen and oxygen atoms in total. The number of hydrogen-bond donors (Lipinski definition) is 0. The van der Waals surface area contributed by atoms with Crippen molar-refractivity contribution in [2.24, 2.45) is 0 Å². The Morgan fingerprint density at radius 3 is 2.63 bits per heavy atom. The van der Waals surface area contributed by atoms with Crippen LogP contribution in [0.4, 0.5) is 0 Å². The van der Waals surface area contributed by atoms with Crippen LogP contribution >= 0.6 is 0 Å². The lowest BCUT2D eigenvalue weighted by Gasteiger charge is -2.49. The average molecular weight is 260 g/mol. The Morgan fingerprint density at radius 1 is 1.21 bits per heavy atom. The second kappa shape index (κ2) is 3.83. The number of nitrogens with zero attached hydrogens (tertiary/aromatic N) is 1. The van der Waals surface area contributed by atoms with E-state index in [4.69, 9.17) is 9.47 Å². The number of hydrogen-bond acceptors (Lipinski definition) is 2. The zero-order valence-corrected chi connectivity index (χ0v) is 12.3. The molecule has 0 N–H and O–H groups in total. The highest BCUT2D eigenvalue weighted by Crippen LogP contribution is 2.42. The second-order valence-electron chi connectivity index (χ2n) is 6.39. The molecule has 0 aromatic heterocycles. The summed E-state index contributed by atoms with van der Waals surface area (Å²) in [7, 11) is 1.72. The van der Waals surface area contributed by atoms with Gasteiger partial charge in [-0.05, 0) is 32.1 Å². The van der Waals surface area contributed by atoms with Gasteiger partial charge in [0.15, 0.2) is 11.8 Å². The fourth-order valence-electron chi connectivity index (χ4n) is 3.15. The van der Waals surface area contributed by atoms with Gasteiger partial charge >= 0.3 is 0 Å². The van der Waals surface area contributed by atoms with Crippen molar-refractivity contribution in [1.29, 1.82) is 0 Å². The van der Waals surface area contributed by atoms with E-state index in [-0.39, 0.29) is 23.3 Å². The SMILES string of the molecule is COC1=C2C=CC=[N+]3C2C(C=C1)OC(C)(C)C3(C)C. The van der Waals surface area contributed by atoms with Crippen molar-refractivity contribution in [2.75, 3.05) is 7.11 Å². The molecule has 3 aliphatic rings. The van der Waals surface area contributed by atoms with Gasteiger partial charge in [0, 0.05) is 19.9 Å². The molecule has 0 aromatic rings. The molecule has 0 spiro atoms. The number of methoxy groups -OCH3 is 1. The molecule has 2 heterocycles. The third-order valence-corrected chi connectivity index (χ3v) is 4.94. The third kappa shape index (κ3) is 1.57. The van der Waals surface area contributed by atoms with E-state index in [1.54, 1.807) is 7.11 Å². The molecule has 3 heteroatoms. The van der Waals surface area contributed by atoms with Gasteiger partial charge in [0.2, 0.25) is 6.04 Å². The van der Waals surface area contributed by atoms with Crippen molar-refractivity contribution >= 4 is 6.21 Å². The van der Waals surface area contributed by atoms with Gasteiger partial charge in [0.1, 0.15) is 17.5 Å². The first-order valence-electron chi connectivity index (χ1n) is 6.82. The molecule has 3 rings (SSSR count). The average Bonchev–Trinajstić information content (AvgIpc) is 2.36. The minimum atomic E-state index is -0.212. The van der Waals surface area contributed by atoms with Gasteiger partial charge in [0.05, 0.1) is 12.7 Å². The van der Waals surface area contributed by atoms with Crippen LogP contribution in [-0.4, -0.2) is 41.2 Å². The van der Waals surface area contributed by atoms with Crippen molar-refractivity contribution in [1.82, 2.24) is 0 Å². The molecular weight excluding hydrogens is 238 g/mol. The van der Waals surface area contributed by atoms with E-state index in [2.05, 4.69) is 56.7 Å². The molecule has 0 aromatic carbocycles. The van der Waals surface area contributed by atoms with Crippen molar-refractivity contribution in [2.45, 2.75) is 51.0 Å². The number of allylic oxidation sites excluding steroid dienone is 2. The highest BCUT2D eigenvalue weighted by Gasteiger charge is 2.59. The van der Waals surface area contributed by atoms with Gasteiger partial charge in [-0.2, -0.15) is 0 Å². The highest BCUT2D eigenvalue weighted by molar-refractivity contribution is 5.70. The van der Waals surface area contributed by atoms with Crippen molar-refractivity contribution in [3.05, 3.63) is 35.6 Å². The molecule has 2 atom stereocenters. The maximum atomic E-state index is 6.35. The minimum absolute atomic E-state index is 0.0752. The van der Waals surface area contributed by atoms with Crippen LogP contribution < -0.4 is 0 Å². The van der Waals surface area contributed by atoms with E-state index in [1.807, 2.05) is 6.08 Å². The lowest BCUT2D eigenvalue weighted by atomic mass is 9.77. The Morgan fingerprint density at radius 2 is 1.95 bits per heavy atom. The molecule has 0 bridgehead atoms. The van der Waals surface area contributed by atoms with Crippen LogP contribution in [0.25, 0.3) is 0 Å². The van der Waals surface area contributed by atoms with Crippen LogP contribution in [0.1, 0.15) is 27.7 Å². The molecule has 19 heavy (non-hydrogen) atoms. The molecule has 102 valence electrons. The summed E-state index contributed by atoms with van der Waals surface area (Å²) >= 11 is 0. The molecular formula is C16H22NO2+. The number of morpholine rings is 1. The first-order valence-corrected chi connectivity index (χ1v) is 6.82. The zero-order chi connectivity index (χ0) is 13.8. The Kier molecular flexibility index (Phi) is 2.55. The minimum Gasteiger partial charge on any atom is -0.496 e. The standard InChI is InChI=1S/C16H22NO2/c1-15(2)16(3,4)19-13-9-8-12(18-5)11-7-6-10-17(15)14(11)13/h6-10,13-14H,1-5H3/q+1. The lowest BCUT2D eigenvalue weighted by molar-refractivity contribution is -0.671. The predicted molar refractivity (Wildman–Crippen MR) is 75.5 cm³/mol. The van der Waals surface area contributed by atoms with E-state index in [0.29, 0.717) is 0 Å². The fourth-order valence-corrected chi connectivity index (χ4v) is 3.15. The smallest absolute Gasteiger partial charge is 0.211 e. The van der Waals surface area contributed by atoms with E-state index in [9.17, 15) is 0 Å². The summed E-state index contributed by atoms with van der Waals surface area (Å²) in [5.74, 6) is 0.940. The molecule has 0 amide bonds. The Hall–Kier alpha value is -1.35. The van der Waals surface area contributed by atoms with Crippen LogP contribution in [-0.2, 0) is 9.47 Å². The van der Waals surface area contributed by atoms with E-state index in [1.165, 1.54) is 5.57 Å². The second-order valence-corrected chi connectivity index (χ2v) is 6.39. The highest BCUT2D eigenvalue weighted by atomic mass is 16.5. The summed E-state index contributed by atoms with van der Waals surface area (Å²) in [6, 6.07) is 0.216. The molecule has 1 saturated heterocycles. The Balaban J connectivity index is 2.16. The number of ether oxygens (including phenoxy) is 2. The van der Waals surface area contributed by atoms with Gasteiger partial charge < -0.3 is 9.47 Å². The zero-order valence-electron chi connectivity index (χ0n) is 12.3. The topological polar surface area (TPSA) is 21.5 Å². The molecule has 2 aliphatic heterocycles. The lowest BCUT2D eigenvalue weighted by Crippen LogP contribution is -2.67. The van der Waals surface area contributed by atoms with Gasteiger partial charge in [0.25, 0.3) is 0 Å². The van der Waals surface area contributed by atoms with Crippen LogP contribution in [0, 0.1) is 0 Å². The summed E-state index contributed by atoms with van der Waals surface area (Å²) in [6.07, 6.45) is 10.6. The normalized spacial score (nSPS) is 33.8. The summed E-state index contributed by atoms with van der Waals surface area (Å²) in [5.41, 5.74) is 0.922. The number of rotatable bonds is 1. The molecule has 0 radical (unpaired) electrons. The maximum absolute atomic E-state index is 6.35. The van der Waals surface area contributed by atoms with Crippen LogP contribution in [0.2, 0.25) is 0 Å². The van der Waals surface area contributed by atoms with Gasteiger partial charge in [-0.25, -0.2) is 4.58 Å². The van der Waals surface area contributed by atoms with E-state index in [0.717, 1.165) is 5.76 Å². The summed E-state index contributed by atoms with van der Waals surface area (Å²) < 4.78 is 14.3. The molecule has 1 fully saturated rings. The van der Waals surface area contributed by atoms with Crippen LogP contribution in [0.3, 0.4) is 0 Å². The largest absolute Gasteiger partial charge is 0.496 e. The Bertz CT molecular complexity index is 535.